The molecular formula is C12H10ClN5O3. The zero-order valence-electron chi connectivity index (χ0n) is 10.7. The number of nitro benzene ring substituents is 1. The number of nitrogens with one attached hydrogen (secondary N) is 2. The van der Waals surface area contributed by atoms with Gasteiger partial charge in [0.1, 0.15) is 11.5 Å². The number of anilines is 1. The lowest BCUT2D eigenvalue weighted by atomic mass is 10.2. The molecule has 1 fully saturated rings. The van der Waals surface area contributed by atoms with Crippen LogP contribution in [0.3, 0.4) is 0 Å². The van der Waals surface area contributed by atoms with Crippen LogP contribution in [0.2, 0.25) is 5.02 Å². The van der Waals surface area contributed by atoms with E-state index < -0.39 is 10.8 Å². The molecule has 21 heavy (non-hydrogen) atoms. The van der Waals surface area contributed by atoms with Crippen molar-refractivity contribution in [1.29, 1.82) is 0 Å². The Balaban J connectivity index is 1.83. The number of aromatic nitrogens is 3. The number of carbonyl (C=O) groups excluding carboxylic acids is 1. The molecule has 0 aliphatic heterocycles. The summed E-state index contributed by atoms with van der Waals surface area (Å²) in [5, 5.41) is 20.1. The third-order valence-corrected chi connectivity index (χ3v) is 3.31. The van der Waals surface area contributed by atoms with Gasteiger partial charge in [0, 0.05) is 17.0 Å². The number of amides is 1. The van der Waals surface area contributed by atoms with Gasteiger partial charge in [-0.25, -0.2) is 4.98 Å². The van der Waals surface area contributed by atoms with Crippen LogP contribution in [-0.2, 0) is 0 Å². The Labute approximate surface area is 123 Å². The molecule has 3 rings (SSSR count). The predicted octanol–water partition coefficient (Wildman–Crippen LogP) is 2.50. The van der Waals surface area contributed by atoms with E-state index in [0.29, 0.717) is 11.7 Å². The first-order chi connectivity index (χ1) is 10.0. The van der Waals surface area contributed by atoms with Crippen LogP contribution in [0.5, 0.6) is 0 Å². The molecular weight excluding hydrogens is 298 g/mol. The van der Waals surface area contributed by atoms with E-state index in [1.807, 2.05) is 0 Å². The summed E-state index contributed by atoms with van der Waals surface area (Å²) in [6, 6.07) is 3.92. The molecule has 1 heterocycles. The van der Waals surface area contributed by atoms with E-state index in [4.69, 9.17) is 11.6 Å². The molecule has 0 atom stereocenters. The Kier molecular flexibility index (Phi) is 3.30. The summed E-state index contributed by atoms with van der Waals surface area (Å²) in [6.07, 6.45) is 2.05. The number of nitrogens with zero attached hydrogens (tertiary/aromatic N) is 3. The Bertz CT molecular complexity index is 725. The fourth-order valence-corrected chi connectivity index (χ4v) is 2.03. The van der Waals surface area contributed by atoms with E-state index >= 15 is 0 Å². The van der Waals surface area contributed by atoms with Gasteiger partial charge >= 0.3 is 0 Å². The van der Waals surface area contributed by atoms with E-state index in [2.05, 4.69) is 20.5 Å². The van der Waals surface area contributed by atoms with E-state index in [1.54, 1.807) is 0 Å². The molecule has 1 saturated carbocycles. The average molecular weight is 308 g/mol. The van der Waals surface area contributed by atoms with Crippen LogP contribution < -0.4 is 5.32 Å². The molecule has 1 aliphatic rings. The lowest BCUT2D eigenvalue weighted by Gasteiger charge is -2.04. The zero-order valence-corrected chi connectivity index (χ0v) is 11.4. The van der Waals surface area contributed by atoms with Crippen LogP contribution in [0.4, 0.5) is 11.4 Å². The van der Waals surface area contributed by atoms with Gasteiger partial charge in [-0.1, -0.05) is 11.6 Å². The number of aromatic amines is 1. The maximum absolute atomic E-state index is 12.0. The smallest absolute Gasteiger partial charge is 0.295 e. The van der Waals surface area contributed by atoms with Gasteiger partial charge in [0.15, 0.2) is 0 Å². The zero-order chi connectivity index (χ0) is 15.0. The minimum absolute atomic E-state index is 0.00951. The molecule has 2 N–H and O–H groups in total. The van der Waals surface area contributed by atoms with Crippen LogP contribution in [0, 0.1) is 10.1 Å². The summed E-state index contributed by atoms with van der Waals surface area (Å²) in [5.74, 6) is 0.329. The maximum atomic E-state index is 12.0. The summed E-state index contributed by atoms with van der Waals surface area (Å²) in [4.78, 5) is 26.4. The average Bonchev–Trinajstić information content (AvgIpc) is 3.16. The molecule has 108 valence electrons. The Hall–Kier alpha value is -2.48. The largest absolute Gasteiger partial charge is 0.313 e. The first kappa shape index (κ1) is 13.5. The lowest BCUT2D eigenvalue weighted by molar-refractivity contribution is -0.383. The standard InChI is InChI=1S/C12H10ClN5O3/c13-7-3-4-9(18(20)21)8(5-7)14-12(19)11-15-10(16-17-11)6-1-2-6/h3-6H,1-2H2,(H,14,19)(H,15,16,17). The maximum Gasteiger partial charge on any atom is 0.295 e. The highest BCUT2D eigenvalue weighted by molar-refractivity contribution is 6.31. The third kappa shape index (κ3) is 2.84. The second-order valence-corrected chi connectivity index (χ2v) is 5.13. The highest BCUT2D eigenvalue weighted by Gasteiger charge is 2.28. The number of hydrogen-bond donors (Lipinski definition) is 2. The van der Waals surface area contributed by atoms with Gasteiger partial charge in [-0.05, 0) is 25.0 Å². The molecule has 0 bridgehead atoms. The van der Waals surface area contributed by atoms with Crippen molar-refractivity contribution in [3.8, 4) is 0 Å². The fraction of sp³-hybridized carbons (Fsp3) is 0.250. The fourth-order valence-electron chi connectivity index (χ4n) is 1.86. The Morgan fingerprint density at radius 2 is 2.24 bits per heavy atom. The van der Waals surface area contributed by atoms with Crippen LogP contribution >= 0.6 is 11.6 Å². The number of benzene rings is 1. The van der Waals surface area contributed by atoms with Gasteiger partial charge in [0.2, 0.25) is 5.82 Å². The molecule has 1 aromatic heterocycles. The van der Waals surface area contributed by atoms with Gasteiger partial charge in [-0.15, -0.1) is 5.10 Å². The van der Waals surface area contributed by atoms with Gasteiger partial charge in [0.05, 0.1) is 4.92 Å². The molecule has 0 unspecified atom stereocenters. The molecule has 2 aromatic rings. The number of rotatable bonds is 4. The lowest BCUT2D eigenvalue weighted by Crippen LogP contribution is -2.15. The van der Waals surface area contributed by atoms with Gasteiger partial charge in [-0.3, -0.25) is 20.0 Å². The van der Waals surface area contributed by atoms with Crippen LogP contribution in [0.1, 0.15) is 35.2 Å². The number of H-pyrrole nitrogens is 1. The Morgan fingerprint density at radius 3 is 2.90 bits per heavy atom. The van der Waals surface area contributed by atoms with E-state index in [0.717, 1.165) is 12.8 Å². The van der Waals surface area contributed by atoms with Crippen molar-refractivity contribution in [2.75, 3.05) is 5.32 Å². The number of nitro groups is 1. The molecule has 1 aliphatic carbocycles. The van der Waals surface area contributed by atoms with Crippen molar-refractivity contribution < 1.29 is 9.72 Å². The van der Waals surface area contributed by atoms with Crippen molar-refractivity contribution in [1.82, 2.24) is 15.2 Å². The molecule has 9 heteroatoms. The van der Waals surface area contributed by atoms with E-state index in [1.165, 1.54) is 18.2 Å². The van der Waals surface area contributed by atoms with Crippen LogP contribution in [0.15, 0.2) is 18.2 Å². The summed E-state index contributed by atoms with van der Waals surface area (Å²) in [6.45, 7) is 0. The molecule has 1 amide bonds. The molecule has 1 aromatic carbocycles. The van der Waals surface area contributed by atoms with Crippen molar-refractivity contribution in [3.05, 3.63) is 45.0 Å². The SMILES string of the molecule is O=C(Nc1cc(Cl)ccc1[N+](=O)[O-])c1n[nH]c(C2CC2)n1. The van der Waals surface area contributed by atoms with Crippen molar-refractivity contribution in [2.45, 2.75) is 18.8 Å². The molecule has 0 radical (unpaired) electrons. The first-order valence-corrected chi connectivity index (χ1v) is 6.60. The van der Waals surface area contributed by atoms with E-state index in [-0.39, 0.29) is 22.2 Å². The quantitative estimate of drug-likeness (QED) is 0.665. The van der Waals surface area contributed by atoms with Crippen LogP contribution in [-0.4, -0.2) is 26.0 Å². The van der Waals surface area contributed by atoms with Gasteiger partial charge in [-0.2, -0.15) is 0 Å². The molecule has 0 spiro atoms. The summed E-state index contributed by atoms with van der Waals surface area (Å²) < 4.78 is 0. The van der Waals surface area contributed by atoms with Crippen molar-refractivity contribution >= 4 is 28.9 Å². The number of hydrogen-bond acceptors (Lipinski definition) is 5. The predicted molar refractivity (Wildman–Crippen MR) is 74.4 cm³/mol. The van der Waals surface area contributed by atoms with Gasteiger partial charge in [0.25, 0.3) is 11.6 Å². The highest BCUT2D eigenvalue weighted by Crippen LogP contribution is 2.37. The number of halogens is 1. The van der Waals surface area contributed by atoms with Crippen molar-refractivity contribution in [2.24, 2.45) is 0 Å². The summed E-state index contributed by atoms with van der Waals surface area (Å²) in [5.41, 5.74) is -0.235. The minimum Gasteiger partial charge on any atom is -0.313 e. The van der Waals surface area contributed by atoms with E-state index in [9.17, 15) is 14.9 Å². The Morgan fingerprint density at radius 1 is 1.48 bits per heavy atom. The summed E-state index contributed by atoms with van der Waals surface area (Å²) in [7, 11) is 0. The second kappa shape index (κ2) is 5.13. The molecule has 0 saturated heterocycles. The summed E-state index contributed by atoms with van der Waals surface area (Å²) >= 11 is 5.79. The normalized spacial score (nSPS) is 14.0. The minimum atomic E-state index is -0.622. The number of carbonyl (C=O) groups is 1. The topological polar surface area (TPSA) is 114 Å². The molecule has 8 nitrogen and oxygen atoms in total. The highest BCUT2D eigenvalue weighted by atomic mass is 35.5. The first-order valence-electron chi connectivity index (χ1n) is 6.22. The second-order valence-electron chi connectivity index (χ2n) is 4.69. The third-order valence-electron chi connectivity index (χ3n) is 3.07. The van der Waals surface area contributed by atoms with Crippen LogP contribution in [0.25, 0.3) is 0 Å². The van der Waals surface area contributed by atoms with Gasteiger partial charge < -0.3 is 5.32 Å². The monoisotopic (exact) mass is 307 g/mol. The van der Waals surface area contributed by atoms with Crippen molar-refractivity contribution in [3.63, 3.8) is 0 Å².